The molecule has 0 spiro atoms. The van der Waals surface area contributed by atoms with Crippen LogP contribution < -0.4 is 10.1 Å². The molecular weight excluding hydrogens is 704 g/mol. The number of benzene rings is 2. The maximum Gasteiger partial charge on any atom is 0.312 e. The van der Waals surface area contributed by atoms with Gasteiger partial charge >= 0.3 is 11.8 Å². The third-order valence-corrected chi connectivity index (χ3v) is 10.3. The summed E-state index contributed by atoms with van der Waals surface area (Å²) in [6.45, 7) is 12.4. The second kappa shape index (κ2) is 16.5. The predicted octanol–water partition coefficient (Wildman–Crippen LogP) is 4.73. The molecule has 2 aromatic carbocycles. The molecule has 9 unspecified atom stereocenters. The third-order valence-electron chi connectivity index (χ3n) is 10.3. The average Bonchev–Trinajstić information content (AvgIpc) is 3.39. The Morgan fingerprint density at radius 2 is 1.61 bits per heavy atom. The lowest BCUT2D eigenvalue weighted by Crippen LogP contribution is -2.46. The number of aliphatic hydroxyl groups is 2. The lowest BCUT2D eigenvalue weighted by atomic mass is 9.78. The van der Waals surface area contributed by atoms with E-state index >= 15 is 0 Å². The van der Waals surface area contributed by atoms with Crippen LogP contribution in [-0.2, 0) is 28.6 Å². The van der Waals surface area contributed by atoms with Crippen molar-refractivity contribution in [2.45, 2.75) is 85.6 Å². The van der Waals surface area contributed by atoms with Crippen LogP contribution >= 0.6 is 0 Å². The van der Waals surface area contributed by atoms with Crippen LogP contribution in [0.2, 0.25) is 0 Å². The van der Waals surface area contributed by atoms with Crippen molar-refractivity contribution in [2.24, 2.45) is 28.8 Å². The number of carbonyl (C=O) groups is 3. The Bertz CT molecular complexity index is 1920. The largest absolute Gasteiger partial charge is 0.507 e. The van der Waals surface area contributed by atoms with Gasteiger partial charge in [-0.25, -0.2) is 0 Å². The molecule has 0 fully saturated rings. The van der Waals surface area contributed by atoms with Gasteiger partial charge in [-0.1, -0.05) is 51.1 Å². The van der Waals surface area contributed by atoms with Gasteiger partial charge in [-0.15, -0.1) is 0 Å². The predicted molar refractivity (Wildman–Crippen MR) is 198 cm³/mol. The summed E-state index contributed by atoms with van der Waals surface area (Å²) in [7, 11) is 2.66. The molecule has 3 aliphatic heterocycles. The van der Waals surface area contributed by atoms with Gasteiger partial charge in [0.15, 0.2) is 5.75 Å². The normalized spacial score (nSPS) is 30.8. The van der Waals surface area contributed by atoms with E-state index in [9.17, 15) is 39.9 Å². The molecule has 0 radical (unpaired) electrons. The van der Waals surface area contributed by atoms with E-state index in [2.05, 4.69) is 10.5 Å². The first-order valence-corrected chi connectivity index (χ1v) is 17.5. The van der Waals surface area contributed by atoms with Crippen molar-refractivity contribution >= 4 is 40.3 Å². The summed E-state index contributed by atoms with van der Waals surface area (Å²) >= 11 is 0. The van der Waals surface area contributed by atoms with E-state index in [0.29, 0.717) is 0 Å². The van der Waals surface area contributed by atoms with Gasteiger partial charge in [0, 0.05) is 61.2 Å². The Morgan fingerprint density at radius 3 is 2.22 bits per heavy atom. The maximum atomic E-state index is 14.2. The molecule has 3 aliphatic rings. The van der Waals surface area contributed by atoms with Crippen molar-refractivity contribution in [3.05, 3.63) is 52.8 Å². The van der Waals surface area contributed by atoms with Crippen molar-refractivity contribution < 1.29 is 63.7 Å². The van der Waals surface area contributed by atoms with Crippen LogP contribution in [0.4, 0.5) is 5.69 Å². The number of hydrogen-bond acceptors (Lipinski definition) is 14. The van der Waals surface area contributed by atoms with E-state index in [1.807, 2.05) is 0 Å². The minimum atomic E-state index is -2.05. The number of ether oxygens (including phenoxy) is 4. The maximum absolute atomic E-state index is 14.2. The Hall–Kier alpha value is -5.12. The number of nitrogens with one attached hydrogen (secondary N) is 1. The molecule has 1 amide bonds. The molecule has 0 saturated heterocycles. The number of anilines is 1. The summed E-state index contributed by atoms with van der Waals surface area (Å²) in [5.41, 5.74) is -0.636. The van der Waals surface area contributed by atoms with Crippen molar-refractivity contribution in [1.29, 1.82) is 0 Å². The highest BCUT2D eigenvalue weighted by molar-refractivity contribution is 6.23. The van der Waals surface area contributed by atoms with Crippen LogP contribution in [0.5, 0.6) is 23.0 Å². The van der Waals surface area contributed by atoms with Gasteiger partial charge in [0.2, 0.25) is 0 Å². The highest BCUT2D eigenvalue weighted by Gasteiger charge is 2.50. The summed E-state index contributed by atoms with van der Waals surface area (Å²) in [4.78, 5) is 44.7. The number of rotatable bonds is 4. The van der Waals surface area contributed by atoms with Crippen LogP contribution in [0.3, 0.4) is 0 Å². The zero-order valence-corrected chi connectivity index (χ0v) is 32.0. The van der Waals surface area contributed by atoms with Crippen LogP contribution in [-0.4, -0.2) is 93.8 Å². The Balaban J connectivity index is 1.96. The first-order valence-electron chi connectivity index (χ1n) is 17.5. The van der Waals surface area contributed by atoms with Gasteiger partial charge < -0.3 is 54.6 Å². The number of allylic oxidation sites excluding steroid dienone is 2. The van der Waals surface area contributed by atoms with Gasteiger partial charge in [0.05, 0.1) is 53.0 Å². The summed E-state index contributed by atoms with van der Waals surface area (Å²) in [5, 5.41) is 63.0. The number of nitrogens with zero attached hydrogens (tertiary/aromatic N) is 1. The number of fused-ring (bicyclic) bond motifs is 14. The molecular formula is C39H50N2O13. The van der Waals surface area contributed by atoms with Gasteiger partial charge in [0.25, 0.3) is 11.7 Å². The standard InChI is InChI=1S/C39H50N2O13/c1-17-12-11-13-18(2)38(49)41-29-24(16-40-51-10)33(46)26-27(34(29)47)32(45)22(6)36-28(26)37(48)39(8,54-36)52-15-14-25(50-9)19(3)35(53-23(7)42)21(5)31(44)20(4)30(17)43/h11-17,19-21,25,30-31,35,43-47H,1-10H3,(H,41,49)/b12-11+,15-14+,18-13?,40-16-. The molecule has 5 rings (SSSR count). The van der Waals surface area contributed by atoms with Crippen molar-refractivity contribution in [1.82, 2.24) is 0 Å². The van der Waals surface area contributed by atoms with E-state index in [1.165, 1.54) is 60.3 Å². The molecule has 15 nitrogen and oxygen atoms in total. The molecule has 0 aliphatic carbocycles. The molecule has 15 heteroatoms. The van der Waals surface area contributed by atoms with Crippen LogP contribution in [0.15, 0.2) is 41.3 Å². The monoisotopic (exact) mass is 754 g/mol. The fourth-order valence-electron chi connectivity index (χ4n) is 6.98. The molecule has 9 atom stereocenters. The summed E-state index contributed by atoms with van der Waals surface area (Å²) in [6.07, 6.45) is 4.44. The molecule has 5 bridgehead atoms. The number of oxime groups is 1. The number of esters is 1. The Kier molecular flexibility index (Phi) is 12.7. The van der Waals surface area contributed by atoms with Crippen molar-refractivity contribution in [3.8, 4) is 23.0 Å². The van der Waals surface area contributed by atoms with Crippen molar-refractivity contribution in [2.75, 3.05) is 19.5 Å². The number of aliphatic hydroxyl groups excluding tert-OH is 2. The first kappa shape index (κ1) is 41.6. The minimum absolute atomic E-state index is 0.0323. The number of carbonyl (C=O) groups excluding carboxylic acids is 3. The number of methoxy groups -OCH3 is 1. The molecule has 0 aromatic heterocycles. The summed E-state index contributed by atoms with van der Waals surface area (Å²) in [5.74, 6) is -8.63. The lowest BCUT2D eigenvalue weighted by Gasteiger charge is -2.38. The Labute approximate surface area is 313 Å². The van der Waals surface area contributed by atoms with Crippen LogP contribution in [0, 0.1) is 30.6 Å². The summed E-state index contributed by atoms with van der Waals surface area (Å²) in [6, 6.07) is 0. The fraction of sp³-hybridized carbons (Fsp3) is 0.487. The van der Waals surface area contributed by atoms with E-state index in [1.54, 1.807) is 39.8 Å². The topological polar surface area (TPSA) is 223 Å². The quantitative estimate of drug-likeness (QED) is 0.0818. The number of amides is 1. The Morgan fingerprint density at radius 1 is 0.944 bits per heavy atom. The van der Waals surface area contributed by atoms with Gasteiger partial charge in [0.1, 0.15) is 30.5 Å². The SMILES string of the molecule is CO/N=C\c1c2c(O)c3c(O)c(C)c4c(c3c1O)C(=O)C(C)(O/C=C/C(OC)C(C)C(OC(C)=O)C(C)C(O)C(C)C(O)C(C)/C=C/C=C(C)C(=O)N2)O4. The van der Waals surface area contributed by atoms with Crippen molar-refractivity contribution in [3.63, 3.8) is 0 Å². The molecule has 0 saturated carbocycles. The van der Waals surface area contributed by atoms with Gasteiger partial charge in [-0.2, -0.15) is 0 Å². The van der Waals surface area contributed by atoms with E-state index < -0.39 is 88.8 Å². The van der Waals surface area contributed by atoms with Gasteiger partial charge in [-0.05, 0) is 19.9 Å². The number of aromatic hydroxyl groups is 3. The zero-order chi connectivity index (χ0) is 40.4. The second-order valence-electron chi connectivity index (χ2n) is 14.0. The molecule has 2 aromatic rings. The highest BCUT2D eigenvalue weighted by atomic mass is 16.7. The molecule has 294 valence electrons. The van der Waals surface area contributed by atoms with Crippen LogP contribution in [0.1, 0.15) is 70.0 Å². The molecule has 54 heavy (non-hydrogen) atoms. The highest BCUT2D eigenvalue weighted by Crippen LogP contribution is 2.55. The average molecular weight is 755 g/mol. The van der Waals surface area contributed by atoms with Crippen LogP contribution in [0.25, 0.3) is 10.8 Å². The minimum Gasteiger partial charge on any atom is -0.507 e. The van der Waals surface area contributed by atoms with E-state index in [4.69, 9.17) is 23.8 Å². The molecule has 3 heterocycles. The molecule has 6 N–H and O–H groups in total. The first-order chi connectivity index (χ1) is 25.3. The van der Waals surface area contributed by atoms with Gasteiger partial charge in [-0.3, -0.25) is 14.4 Å². The number of ketones is 1. The number of phenolic OH excluding ortho intramolecular Hbond substituents is 3. The smallest absolute Gasteiger partial charge is 0.312 e. The van der Waals surface area contributed by atoms with E-state index in [0.717, 1.165) is 6.21 Å². The lowest BCUT2D eigenvalue weighted by molar-refractivity contribution is -0.160. The van der Waals surface area contributed by atoms with E-state index in [-0.39, 0.29) is 44.5 Å². The third kappa shape index (κ3) is 7.74. The second-order valence-corrected chi connectivity index (χ2v) is 14.0. The zero-order valence-electron chi connectivity index (χ0n) is 32.0. The number of Topliss-reactive ketones (excluding diaryl/α,β-unsaturated/α-hetero) is 1. The summed E-state index contributed by atoms with van der Waals surface area (Å²) < 4.78 is 23.3. The number of hydrogen-bond donors (Lipinski definition) is 6. The fourth-order valence-corrected chi connectivity index (χ4v) is 6.98. The number of phenols is 3.